The van der Waals surface area contributed by atoms with Crippen molar-refractivity contribution in [1.29, 1.82) is 0 Å². The number of hydrogen-bond acceptors (Lipinski definition) is 3. The van der Waals surface area contributed by atoms with Crippen molar-refractivity contribution in [2.75, 3.05) is 13.1 Å². The van der Waals surface area contributed by atoms with E-state index < -0.39 is 6.10 Å². The molecule has 1 aromatic rings. The minimum absolute atomic E-state index is 0.173. The molecule has 0 bridgehead atoms. The van der Waals surface area contributed by atoms with E-state index in [1.807, 2.05) is 0 Å². The Hall–Kier alpha value is -0.970. The average Bonchev–Trinajstić information content (AvgIpc) is 2.75. The van der Waals surface area contributed by atoms with Gasteiger partial charge >= 0.3 is 0 Å². The van der Waals surface area contributed by atoms with Crippen LogP contribution in [0, 0.1) is 11.7 Å². The van der Waals surface area contributed by atoms with Crippen LogP contribution >= 0.6 is 0 Å². The quantitative estimate of drug-likeness (QED) is 0.747. The largest absolute Gasteiger partial charge is 0.393 e. The number of benzene rings is 1. The van der Waals surface area contributed by atoms with E-state index in [4.69, 9.17) is 0 Å². The molecule has 3 N–H and O–H groups in total. The van der Waals surface area contributed by atoms with Crippen molar-refractivity contribution in [2.45, 2.75) is 31.5 Å². The minimum atomic E-state index is -0.822. The van der Waals surface area contributed by atoms with Gasteiger partial charge in [-0.25, -0.2) is 4.39 Å². The third kappa shape index (κ3) is 3.51. The van der Waals surface area contributed by atoms with Crippen LogP contribution in [0.3, 0.4) is 0 Å². The lowest BCUT2D eigenvalue weighted by molar-refractivity contribution is 0.164. The van der Waals surface area contributed by atoms with Crippen LogP contribution in [-0.2, 0) is 0 Å². The van der Waals surface area contributed by atoms with Crippen molar-refractivity contribution >= 4 is 0 Å². The molecule has 0 amide bonds. The molecule has 4 heteroatoms. The van der Waals surface area contributed by atoms with Gasteiger partial charge in [-0.15, -0.1) is 0 Å². The summed E-state index contributed by atoms with van der Waals surface area (Å²) in [6, 6.07) is 6.28. The topological polar surface area (TPSA) is 52.5 Å². The van der Waals surface area contributed by atoms with E-state index in [2.05, 4.69) is 5.32 Å². The van der Waals surface area contributed by atoms with Gasteiger partial charge in [0, 0.05) is 12.1 Å². The first-order valence-electron chi connectivity index (χ1n) is 6.48. The molecular formula is C14H20FNO2. The fourth-order valence-corrected chi connectivity index (χ4v) is 2.51. The summed E-state index contributed by atoms with van der Waals surface area (Å²) in [6.07, 6.45) is 1.71. The number of nitrogens with one attached hydrogen (secondary N) is 1. The zero-order valence-corrected chi connectivity index (χ0v) is 10.3. The highest BCUT2D eigenvalue weighted by atomic mass is 19.1. The molecule has 1 aliphatic rings. The molecule has 0 heterocycles. The fraction of sp³-hybridized carbons (Fsp3) is 0.571. The normalized spacial score (nSPS) is 25.3. The van der Waals surface area contributed by atoms with Crippen LogP contribution < -0.4 is 5.32 Å². The SMILES string of the molecule is OC1CCC(CNCC(O)c2ccccc2F)C1. The Bertz CT molecular complexity index is 386. The Labute approximate surface area is 107 Å². The third-order valence-electron chi connectivity index (χ3n) is 3.55. The zero-order valence-electron chi connectivity index (χ0n) is 10.3. The van der Waals surface area contributed by atoms with Gasteiger partial charge in [0.1, 0.15) is 5.82 Å². The summed E-state index contributed by atoms with van der Waals surface area (Å²) in [5.41, 5.74) is 0.330. The molecule has 100 valence electrons. The van der Waals surface area contributed by atoms with Crippen molar-refractivity contribution in [2.24, 2.45) is 5.92 Å². The smallest absolute Gasteiger partial charge is 0.129 e. The summed E-state index contributed by atoms with van der Waals surface area (Å²) < 4.78 is 13.4. The summed E-state index contributed by atoms with van der Waals surface area (Å²) in [5, 5.41) is 22.4. The number of aliphatic hydroxyl groups excluding tert-OH is 2. The Morgan fingerprint density at radius 3 is 2.78 bits per heavy atom. The third-order valence-corrected chi connectivity index (χ3v) is 3.55. The molecule has 1 fully saturated rings. The van der Waals surface area contributed by atoms with E-state index in [0.717, 1.165) is 25.8 Å². The molecule has 0 radical (unpaired) electrons. The van der Waals surface area contributed by atoms with Gasteiger partial charge in [0.05, 0.1) is 12.2 Å². The van der Waals surface area contributed by atoms with Gasteiger partial charge in [0.15, 0.2) is 0 Å². The number of aliphatic hydroxyl groups is 2. The van der Waals surface area contributed by atoms with Crippen molar-refractivity contribution in [3.05, 3.63) is 35.6 Å². The molecular weight excluding hydrogens is 233 g/mol. The fourth-order valence-electron chi connectivity index (χ4n) is 2.51. The maximum atomic E-state index is 13.4. The molecule has 3 nitrogen and oxygen atoms in total. The zero-order chi connectivity index (χ0) is 13.0. The van der Waals surface area contributed by atoms with Crippen LogP contribution in [0.25, 0.3) is 0 Å². The van der Waals surface area contributed by atoms with Gasteiger partial charge in [-0.3, -0.25) is 0 Å². The molecule has 2 rings (SSSR count). The molecule has 1 aliphatic carbocycles. The minimum Gasteiger partial charge on any atom is -0.393 e. The second-order valence-electron chi connectivity index (χ2n) is 5.03. The van der Waals surface area contributed by atoms with Crippen LogP contribution in [0.5, 0.6) is 0 Å². The van der Waals surface area contributed by atoms with E-state index in [1.165, 1.54) is 6.07 Å². The second-order valence-corrected chi connectivity index (χ2v) is 5.03. The maximum Gasteiger partial charge on any atom is 0.129 e. The van der Waals surface area contributed by atoms with E-state index in [9.17, 15) is 14.6 Å². The molecule has 1 saturated carbocycles. The van der Waals surface area contributed by atoms with Crippen molar-refractivity contribution in [3.8, 4) is 0 Å². The second kappa shape index (κ2) is 6.27. The monoisotopic (exact) mass is 253 g/mol. The lowest BCUT2D eigenvalue weighted by Gasteiger charge is -2.15. The Morgan fingerprint density at radius 1 is 1.33 bits per heavy atom. The van der Waals surface area contributed by atoms with Gasteiger partial charge in [-0.1, -0.05) is 18.2 Å². The molecule has 3 unspecified atom stereocenters. The van der Waals surface area contributed by atoms with E-state index in [-0.39, 0.29) is 11.9 Å². The number of halogens is 1. The first-order valence-corrected chi connectivity index (χ1v) is 6.48. The van der Waals surface area contributed by atoms with Crippen LogP contribution in [0.1, 0.15) is 30.9 Å². The summed E-state index contributed by atoms with van der Waals surface area (Å²) in [4.78, 5) is 0. The Balaban J connectivity index is 1.75. The number of hydrogen-bond donors (Lipinski definition) is 3. The van der Waals surface area contributed by atoms with Crippen molar-refractivity contribution < 1.29 is 14.6 Å². The lowest BCUT2D eigenvalue weighted by atomic mass is 10.1. The lowest BCUT2D eigenvalue weighted by Crippen LogP contribution is -2.27. The highest BCUT2D eigenvalue weighted by Gasteiger charge is 2.22. The van der Waals surface area contributed by atoms with Gasteiger partial charge < -0.3 is 15.5 Å². The summed E-state index contributed by atoms with van der Waals surface area (Å²) in [7, 11) is 0. The van der Waals surface area contributed by atoms with Crippen LogP contribution in [0.4, 0.5) is 4.39 Å². The Kier molecular flexibility index (Phi) is 4.69. The Morgan fingerprint density at radius 2 is 2.11 bits per heavy atom. The van der Waals surface area contributed by atoms with Crippen LogP contribution in [0.2, 0.25) is 0 Å². The van der Waals surface area contributed by atoms with Gasteiger partial charge in [-0.2, -0.15) is 0 Å². The first-order chi connectivity index (χ1) is 8.66. The van der Waals surface area contributed by atoms with E-state index >= 15 is 0 Å². The summed E-state index contributed by atoms with van der Waals surface area (Å²) >= 11 is 0. The van der Waals surface area contributed by atoms with Gasteiger partial charge in [-0.05, 0) is 37.8 Å². The van der Waals surface area contributed by atoms with E-state index in [0.29, 0.717) is 18.0 Å². The average molecular weight is 253 g/mol. The molecule has 18 heavy (non-hydrogen) atoms. The summed E-state index contributed by atoms with van der Waals surface area (Å²) in [6.45, 7) is 1.11. The highest BCUT2D eigenvalue weighted by molar-refractivity contribution is 5.19. The highest BCUT2D eigenvalue weighted by Crippen LogP contribution is 2.24. The number of rotatable bonds is 5. The predicted molar refractivity (Wildman–Crippen MR) is 67.6 cm³/mol. The van der Waals surface area contributed by atoms with Crippen molar-refractivity contribution in [3.63, 3.8) is 0 Å². The molecule has 0 aliphatic heterocycles. The molecule has 0 saturated heterocycles. The van der Waals surface area contributed by atoms with Crippen molar-refractivity contribution in [1.82, 2.24) is 5.32 Å². The predicted octanol–water partition coefficient (Wildman–Crippen LogP) is 1.61. The molecule has 0 aromatic heterocycles. The summed E-state index contributed by atoms with van der Waals surface area (Å²) in [5.74, 6) is 0.0934. The molecule has 1 aromatic carbocycles. The van der Waals surface area contributed by atoms with Gasteiger partial charge in [0.25, 0.3) is 0 Å². The van der Waals surface area contributed by atoms with Crippen LogP contribution in [0.15, 0.2) is 24.3 Å². The first kappa shape index (κ1) is 13.5. The van der Waals surface area contributed by atoms with Gasteiger partial charge in [0.2, 0.25) is 0 Å². The standard InChI is InChI=1S/C14H20FNO2/c15-13-4-2-1-3-12(13)14(18)9-16-8-10-5-6-11(17)7-10/h1-4,10-11,14,16-18H,5-9H2. The molecule has 3 atom stereocenters. The van der Waals surface area contributed by atoms with E-state index in [1.54, 1.807) is 18.2 Å². The maximum absolute atomic E-state index is 13.4. The van der Waals surface area contributed by atoms with Crippen LogP contribution in [-0.4, -0.2) is 29.4 Å². The molecule has 0 spiro atoms.